The van der Waals surface area contributed by atoms with Crippen LogP contribution in [-0.4, -0.2) is 0 Å². The zero-order valence-electron chi connectivity index (χ0n) is 9.68. The zero-order chi connectivity index (χ0) is 11.0. The molecule has 0 aliphatic carbocycles. The SMILES string of the molecule is Cc1cc(Cc2cc(C)sc2C)c(C)s1. The van der Waals surface area contributed by atoms with Crippen LogP contribution in [0.25, 0.3) is 0 Å². The molecule has 0 aliphatic heterocycles. The number of aryl methyl sites for hydroxylation is 4. The zero-order valence-corrected chi connectivity index (χ0v) is 11.3. The van der Waals surface area contributed by atoms with Gasteiger partial charge in [-0.2, -0.15) is 0 Å². The lowest BCUT2D eigenvalue weighted by molar-refractivity contribution is 1.17. The van der Waals surface area contributed by atoms with E-state index in [0.29, 0.717) is 0 Å². The van der Waals surface area contributed by atoms with Crippen LogP contribution in [0.15, 0.2) is 12.1 Å². The van der Waals surface area contributed by atoms with Gasteiger partial charge in [0.2, 0.25) is 0 Å². The summed E-state index contributed by atoms with van der Waals surface area (Å²) in [7, 11) is 0. The first-order valence-electron chi connectivity index (χ1n) is 5.18. The van der Waals surface area contributed by atoms with Gasteiger partial charge in [-0.3, -0.25) is 0 Å². The molecule has 0 saturated carbocycles. The topological polar surface area (TPSA) is 0 Å². The standard InChI is InChI=1S/C13H16S2/c1-8-5-12(10(3)14-8)7-13-6-9(2)15-11(13)4/h5-6H,7H2,1-4H3. The molecule has 0 saturated heterocycles. The molecule has 0 fully saturated rings. The summed E-state index contributed by atoms with van der Waals surface area (Å²) in [4.78, 5) is 5.78. The van der Waals surface area contributed by atoms with E-state index in [1.165, 1.54) is 30.6 Å². The lowest BCUT2D eigenvalue weighted by atomic mass is 10.1. The van der Waals surface area contributed by atoms with E-state index in [1.54, 1.807) is 0 Å². The van der Waals surface area contributed by atoms with Crippen LogP contribution in [0.3, 0.4) is 0 Å². The van der Waals surface area contributed by atoms with Crippen molar-refractivity contribution in [3.05, 3.63) is 42.8 Å². The summed E-state index contributed by atoms with van der Waals surface area (Å²) in [6.07, 6.45) is 1.10. The van der Waals surface area contributed by atoms with Gasteiger partial charge >= 0.3 is 0 Å². The predicted molar refractivity (Wildman–Crippen MR) is 70.4 cm³/mol. The Bertz CT molecular complexity index is 430. The second-order valence-corrected chi connectivity index (χ2v) is 6.97. The molecular weight excluding hydrogens is 220 g/mol. The highest BCUT2D eigenvalue weighted by molar-refractivity contribution is 7.12. The van der Waals surface area contributed by atoms with Gasteiger partial charge in [0.1, 0.15) is 0 Å². The average molecular weight is 236 g/mol. The third kappa shape index (κ3) is 2.32. The summed E-state index contributed by atoms with van der Waals surface area (Å²) < 4.78 is 0. The van der Waals surface area contributed by atoms with E-state index in [4.69, 9.17) is 0 Å². The number of hydrogen-bond acceptors (Lipinski definition) is 2. The molecule has 0 bridgehead atoms. The molecule has 80 valence electrons. The lowest BCUT2D eigenvalue weighted by Crippen LogP contribution is -1.87. The quantitative estimate of drug-likeness (QED) is 0.713. The molecule has 0 nitrogen and oxygen atoms in total. The van der Waals surface area contributed by atoms with E-state index >= 15 is 0 Å². The Hall–Kier alpha value is -0.600. The van der Waals surface area contributed by atoms with Crippen molar-refractivity contribution in [2.75, 3.05) is 0 Å². The van der Waals surface area contributed by atoms with Crippen molar-refractivity contribution < 1.29 is 0 Å². The molecule has 0 unspecified atom stereocenters. The van der Waals surface area contributed by atoms with Crippen molar-refractivity contribution in [1.82, 2.24) is 0 Å². The van der Waals surface area contributed by atoms with Crippen LogP contribution < -0.4 is 0 Å². The first kappa shape index (κ1) is 10.9. The second kappa shape index (κ2) is 4.11. The molecular formula is C13H16S2. The van der Waals surface area contributed by atoms with Crippen molar-refractivity contribution >= 4 is 22.7 Å². The van der Waals surface area contributed by atoms with Crippen LogP contribution >= 0.6 is 22.7 Å². The van der Waals surface area contributed by atoms with Crippen LogP contribution in [0.4, 0.5) is 0 Å². The molecule has 0 spiro atoms. The highest BCUT2D eigenvalue weighted by Crippen LogP contribution is 2.27. The van der Waals surface area contributed by atoms with Crippen molar-refractivity contribution in [1.29, 1.82) is 0 Å². The first-order valence-corrected chi connectivity index (χ1v) is 6.81. The third-order valence-electron chi connectivity index (χ3n) is 2.67. The van der Waals surface area contributed by atoms with Gasteiger partial charge in [0.25, 0.3) is 0 Å². The fraction of sp³-hybridized carbons (Fsp3) is 0.385. The molecule has 2 aromatic heterocycles. The highest BCUT2D eigenvalue weighted by atomic mass is 32.1. The van der Waals surface area contributed by atoms with Gasteiger partial charge in [-0.25, -0.2) is 0 Å². The molecule has 2 heterocycles. The molecule has 0 aromatic carbocycles. The summed E-state index contributed by atoms with van der Waals surface area (Å²) in [5.41, 5.74) is 3.00. The van der Waals surface area contributed by atoms with E-state index in [0.717, 1.165) is 6.42 Å². The van der Waals surface area contributed by atoms with Gasteiger partial charge in [0.15, 0.2) is 0 Å². The Morgan fingerprint density at radius 1 is 0.800 bits per heavy atom. The Kier molecular flexibility index (Phi) is 2.98. The number of hydrogen-bond donors (Lipinski definition) is 0. The van der Waals surface area contributed by atoms with Gasteiger partial charge in [-0.05, 0) is 57.4 Å². The normalized spacial score (nSPS) is 10.9. The minimum Gasteiger partial charge on any atom is -0.146 e. The predicted octanol–water partition coefficient (Wildman–Crippen LogP) is 4.63. The Labute approximate surface area is 99.6 Å². The van der Waals surface area contributed by atoms with Gasteiger partial charge < -0.3 is 0 Å². The number of rotatable bonds is 2. The Morgan fingerprint density at radius 3 is 1.47 bits per heavy atom. The van der Waals surface area contributed by atoms with Crippen LogP contribution in [0, 0.1) is 27.7 Å². The van der Waals surface area contributed by atoms with Gasteiger partial charge in [0, 0.05) is 19.5 Å². The van der Waals surface area contributed by atoms with Gasteiger partial charge in [-0.15, -0.1) is 22.7 Å². The molecule has 0 radical (unpaired) electrons. The summed E-state index contributed by atoms with van der Waals surface area (Å²) in [6, 6.07) is 4.65. The van der Waals surface area contributed by atoms with Crippen molar-refractivity contribution in [2.24, 2.45) is 0 Å². The monoisotopic (exact) mass is 236 g/mol. The first-order chi connectivity index (χ1) is 7.06. The second-order valence-electron chi connectivity index (χ2n) is 4.05. The molecule has 2 heteroatoms. The molecule has 0 aliphatic rings. The van der Waals surface area contributed by atoms with E-state index in [2.05, 4.69) is 39.8 Å². The summed E-state index contributed by atoms with van der Waals surface area (Å²) >= 11 is 3.81. The van der Waals surface area contributed by atoms with Gasteiger partial charge in [-0.1, -0.05) is 0 Å². The molecule has 0 atom stereocenters. The van der Waals surface area contributed by atoms with E-state index in [-0.39, 0.29) is 0 Å². The fourth-order valence-electron chi connectivity index (χ4n) is 1.92. The molecule has 0 N–H and O–H groups in total. The van der Waals surface area contributed by atoms with Crippen LogP contribution in [-0.2, 0) is 6.42 Å². The minimum absolute atomic E-state index is 1.10. The number of thiophene rings is 2. The fourth-order valence-corrected chi connectivity index (χ4v) is 3.82. The van der Waals surface area contributed by atoms with Crippen LogP contribution in [0.2, 0.25) is 0 Å². The van der Waals surface area contributed by atoms with E-state index in [1.807, 2.05) is 22.7 Å². The molecule has 0 amide bonds. The molecule has 2 aromatic rings. The van der Waals surface area contributed by atoms with Crippen molar-refractivity contribution in [3.63, 3.8) is 0 Å². The van der Waals surface area contributed by atoms with Crippen molar-refractivity contribution in [2.45, 2.75) is 34.1 Å². The van der Waals surface area contributed by atoms with Crippen LogP contribution in [0.1, 0.15) is 30.6 Å². The smallest absolute Gasteiger partial charge is 0.00524 e. The summed E-state index contributed by atoms with van der Waals surface area (Å²) in [5.74, 6) is 0. The minimum atomic E-state index is 1.10. The lowest BCUT2D eigenvalue weighted by Gasteiger charge is -1.98. The molecule has 2 rings (SSSR count). The summed E-state index contributed by atoms with van der Waals surface area (Å²) in [5, 5.41) is 0. The maximum Gasteiger partial charge on any atom is 0.00524 e. The maximum absolute atomic E-state index is 2.33. The third-order valence-corrected chi connectivity index (χ3v) is 4.68. The summed E-state index contributed by atoms with van der Waals surface area (Å²) in [6.45, 7) is 8.82. The largest absolute Gasteiger partial charge is 0.146 e. The maximum atomic E-state index is 2.33. The molecule has 15 heavy (non-hydrogen) atoms. The Morgan fingerprint density at radius 2 is 1.20 bits per heavy atom. The average Bonchev–Trinajstić information content (AvgIpc) is 2.58. The highest BCUT2D eigenvalue weighted by Gasteiger charge is 2.07. The van der Waals surface area contributed by atoms with Gasteiger partial charge in [0.05, 0.1) is 0 Å². The van der Waals surface area contributed by atoms with Crippen LogP contribution in [0.5, 0.6) is 0 Å². The van der Waals surface area contributed by atoms with Crippen molar-refractivity contribution in [3.8, 4) is 0 Å². The van der Waals surface area contributed by atoms with E-state index in [9.17, 15) is 0 Å². The Balaban J connectivity index is 2.29. The van der Waals surface area contributed by atoms with E-state index < -0.39 is 0 Å².